The minimum Gasteiger partial charge on any atom is -0.324 e. The number of amides is 2. The molecule has 2 aromatic rings. The van der Waals surface area contributed by atoms with Crippen molar-refractivity contribution in [2.75, 3.05) is 18.4 Å². The summed E-state index contributed by atoms with van der Waals surface area (Å²) in [5.41, 5.74) is 1.40. The van der Waals surface area contributed by atoms with E-state index in [1.807, 2.05) is 0 Å². The molecule has 1 saturated heterocycles. The standard InChI is InChI=1S/C15H16F2N4O/c16-13-2-1-11(7-14(13)17)10-3-5-21(6-4-10)15(22)20-12-8-18-19-9-12/h1-2,7-10H,3-6H2,(H,18,19)(H,20,22). The molecule has 3 rings (SSSR count). The Morgan fingerprint density at radius 2 is 2.05 bits per heavy atom. The average molecular weight is 306 g/mol. The van der Waals surface area contributed by atoms with Gasteiger partial charge in [-0.15, -0.1) is 0 Å². The van der Waals surface area contributed by atoms with Crippen molar-refractivity contribution >= 4 is 11.7 Å². The Bertz CT molecular complexity index is 652. The van der Waals surface area contributed by atoms with Crippen molar-refractivity contribution in [2.24, 2.45) is 0 Å². The fourth-order valence-electron chi connectivity index (χ4n) is 2.70. The maximum absolute atomic E-state index is 13.3. The second-order valence-electron chi connectivity index (χ2n) is 5.35. The van der Waals surface area contributed by atoms with Crippen molar-refractivity contribution in [1.82, 2.24) is 15.1 Å². The number of piperidine rings is 1. The first-order chi connectivity index (χ1) is 10.6. The third-order valence-electron chi connectivity index (χ3n) is 3.95. The highest BCUT2D eigenvalue weighted by Gasteiger charge is 2.24. The van der Waals surface area contributed by atoms with Gasteiger partial charge in [-0.25, -0.2) is 13.6 Å². The van der Waals surface area contributed by atoms with Crippen LogP contribution in [-0.4, -0.2) is 34.2 Å². The highest BCUT2D eigenvalue weighted by molar-refractivity contribution is 5.89. The monoisotopic (exact) mass is 306 g/mol. The van der Waals surface area contributed by atoms with Gasteiger partial charge in [0.25, 0.3) is 0 Å². The summed E-state index contributed by atoms with van der Waals surface area (Å²) in [5.74, 6) is -1.51. The van der Waals surface area contributed by atoms with Gasteiger partial charge in [0.2, 0.25) is 0 Å². The van der Waals surface area contributed by atoms with Crippen LogP contribution in [0.25, 0.3) is 0 Å². The smallest absolute Gasteiger partial charge is 0.321 e. The van der Waals surface area contributed by atoms with Crippen LogP contribution in [0.2, 0.25) is 0 Å². The molecule has 7 heteroatoms. The van der Waals surface area contributed by atoms with Gasteiger partial charge in [-0.05, 0) is 36.5 Å². The Balaban J connectivity index is 1.57. The van der Waals surface area contributed by atoms with Crippen LogP contribution in [0, 0.1) is 11.6 Å². The van der Waals surface area contributed by atoms with E-state index >= 15 is 0 Å². The highest BCUT2D eigenvalue weighted by Crippen LogP contribution is 2.29. The molecule has 1 fully saturated rings. The summed E-state index contributed by atoms with van der Waals surface area (Å²) in [7, 11) is 0. The number of carbonyl (C=O) groups is 1. The molecule has 0 bridgehead atoms. The lowest BCUT2D eigenvalue weighted by Gasteiger charge is -2.32. The van der Waals surface area contributed by atoms with E-state index < -0.39 is 11.6 Å². The molecular formula is C15H16F2N4O. The first-order valence-corrected chi connectivity index (χ1v) is 7.13. The number of aromatic amines is 1. The molecular weight excluding hydrogens is 290 g/mol. The van der Waals surface area contributed by atoms with E-state index in [9.17, 15) is 13.6 Å². The molecule has 1 aromatic carbocycles. The van der Waals surface area contributed by atoms with Gasteiger partial charge in [-0.1, -0.05) is 6.07 Å². The van der Waals surface area contributed by atoms with Crippen LogP contribution in [-0.2, 0) is 0 Å². The number of carbonyl (C=O) groups excluding carboxylic acids is 1. The number of anilines is 1. The number of H-pyrrole nitrogens is 1. The highest BCUT2D eigenvalue weighted by atomic mass is 19.2. The van der Waals surface area contributed by atoms with Crippen LogP contribution in [0.4, 0.5) is 19.3 Å². The lowest BCUT2D eigenvalue weighted by atomic mass is 9.89. The van der Waals surface area contributed by atoms with Crippen molar-refractivity contribution in [3.05, 3.63) is 47.8 Å². The predicted molar refractivity (Wildman–Crippen MR) is 77.5 cm³/mol. The molecule has 116 valence electrons. The van der Waals surface area contributed by atoms with Gasteiger partial charge in [0.15, 0.2) is 11.6 Å². The quantitative estimate of drug-likeness (QED) is 0.895. The molecule has 22 heavy (non-hydrogen) atoms. The van der Waals surface area contributed by atoms with Crippen LogP contribution in [0.5, 0.6) is 0 Å². The minimum atomic E-state index is -0.833. The lowest BCUT2D eigenvalue weighted by Crippen LogP contribution is -2.40. The van der Waals surface area contributed by atoms with Crippen molar-refractivity contribution in [1.29, 1.82) is 0 Å². The maximum Gasteiger partial charge on any atom is 0.321 e. The summed E-state index contributed by atoms with van der Waals surface area (Å²) < 4.78 is 26.3. The van der Waals surface area contributed by atoms with Gasteiger partial charge in [-0.2, -0.15) is 5.10 Å². The van der Waals surface area contributed by atoms with E-state index in [0.717, 1.165) is 24.5 Å². The third-order valence-corrected chi connectivity index (χ3v) is 3.95. The summed E-state index contributed by atoms with van der Waals surface area (Å²) in [6.45, 7) is 1.15. The van der Waals surface area contributed by atoms with Crippen LogP contribution in [0.3, 0.4) is 0 Å². The number of hydrogen-bond acceptors (Lipinski definition) is 2. The van der Waals surface area contributed by atoms with Gasteiger partial charge in [0.05, 0.1) is 11.9 Å². The number of aromatic nitrogens is 2. The first-order valence-electron chi connectivity index (χ1n) is 7.13. The minimum absolute atomic E-state index is 0.146. The first kappa shape index (κ1) is 14.5. The van der Waals surface area contributed by atoms with Crippen LogP contribution in [0.15, 0.2) is 30.6 Å². The van der Waals surface area contributed by atoms with Crippen molar-refractivity contribution in [3.63, 3.8) is 0 Å². The average Bonchev–Trinajstić information content (AvgIpc) is 3.03. The number of likely N-dealkylation sites (tertiary alicyclic amines) is 1. The normalized spacial score (nSPS) is 15.8. The van der Waals surface area contributed by atoms with E-state index in [1.165, 1.54) is 12.3 Å². The molecule has 1 aromatic heterocycles. The summed E-state index contributed by atoms with van der Waals surface area (Å²) >= 11 is 0. The molecule has 0 unspecified atom stereocenters. The maximum atomic E-state index is 13.3. The summed E-state index contributed by atoms with van der Waals surface area (Å²) in [4.78, 5) is 13.8. The van der Waals surface area contributed by atoms with Gasteiger partial charge in [-0.3, -0.25) is 5.10 Å². The Morgan fingerprint density at radius 3 is 2.68 bits per heavy atom. The summed E-state index contributed by atoms with van der Waals surface area (Å²) in [5, 5.41) is 9.14. The van der Waals surface area contributed by atoms with Gasteiger partial charge < -0.3 is 10.2 Å². The van der Waals surface area contributed by atoms with Crippen molar-refractivity contribution in [2.45, 2.75) is 18.8 Å². The number of nitrogens with zero attached hydrogens (tertiary/aromatic N) is 2. The molecule has 0 aliphatic carbocycles. The number of benzene rings is 1. The Kier molecular flexibility index (Phi) is 4.04. The number of hydrogen-bond donors (Lipinski definition) is 2. The fraction of sp³-hybridized carbons (Fsp3) is 0.333. The molecule has 5 nitrogen and oxygen atoms in total. The van der Waals surface area contributed by atoms with Crippen LogP contribution < -0.4 is 5.32 Å². The number of rotatable bonds is 2. The molecule has 2 N–H and O–H groups in total. The van der Waals surface area contributed by atoms with E-state index in [1.54, 1.807) is 17.2 Å². The van der Waals surface area contributed by atoms with Gasteiger partial charge in [0, 0.05) is 19.3 Å². The molecule has 0 radical (unpaired) electrons. The number of urea groups is 1. The summed E-state index contributed by atoms with van der Waals surface area (Å²) in [6, 6.07) is 3.85. The van der Waals surface area contributed by atoms with Crippen molar-refractivity contribution < 1.29 is 13.6 Å². The topological polar surface area (TPSA) is 61.0 Å². The Morgan fingerprint density at radius 1 is 1.27 bits per heavy atom. The molecule has 2 heterocycles. The Hall–Kier alpha value is -2.44. The zero-order valence-electron chi connectivity index (χ0n) is 11.9. The molecule has 0 spiro atoms. The van der Waals surface area contributed by atoms with Crippen LogP contribution in [0.1, 0.15) is 24.3 Å². The molecule has 0 saturated carbocycles. The zero-order valence-corrected chi connectivity index (χ0v) is 11.9. The van der Waals surface area contributed by atoms with Gasteiger partial charge in [0.1, 0.15) is 0 Å². The zero-order chi connectivity index (χ0) is 15.5. The lowest BCUT2D eigenvalue weighted by molar-refractivity contribution is 0.194. The van der Waals surface area contributed by atoms with Crippen LogP contribution >= 0.6 is 0 Å². The second-order valence-corrected chi connectivity index (χ2v) is 5.35. The SMILES string of the molecule is O=C(Nc1cn[nH]c1)N1CCC(c2ccc(F)c(F)c2)CC1. The molecule has 0 atom stereocenters. The molecule has 1 aliphatic rings. The van der Waals surface area contributed by atoms with E-state index in [0.29, 0.717) is 18.8 Å². The van der Waals surface area contributed by atoms with E-state index in [2.05, 4.69) is 15.5 Å². The number of nitrogens with one attached hydrogen (secondary N) is 2. The van der Waals surface area contributed by atoms with Gasteiger partial charge >= 0.3 is 6.03 Å². The summed E-state index contributed by atoms with van der Waals surface area (Å²) in [6.07, 6.45) is 4.59. The molecule has 2 amide bonds. The van der Waals surface area contributed by atoms with E-state index in [-0.39, 0.29) is 11.9 Å². The van der Waals surface area contributed by atoms with E-state index in [4.69, 9.17) is 0 Å². The largest absolute Gasteiger partial charge is 0.324 e. The Labute approximate surface area is 126 Å². The third kappa shape index (κ3) is 3.08. The van der Waals surface area contributed by atoms with Crippen molar-refractivity contribution in [3.8, 4) is 0 Å². The number of halogens is 2. The molecule has 1 aliphatic heterocycles. The predicted octanol–water partition coefficient (Wildman–Crippen LogP) is 3.10. The second kappa shape index (κ2) is 6.13. The fourth-order valence-corrected chi connectivity index (χ4v) is 2.70.